The van der Waals surface area contributed by atoms with Gasteiger partial charge < -0.3 is 15.0 Å². The first-order valence-electron chi connectivity index (χ1n) is 9.80. The van der Waals surface area contributed by atoms with Gasteiger partial charge in [0.15, 0.2) is 6.61 Å². The molecule has 29 heavy (non-hydrogen) atoms. The van der Waals surface area contributed by atoms with Crippen molar-refractivity contribution < 1.29 is 19.1 Å². The summed E-state index contributed by atoms with van der Waals surface area (Å²) in [5.74, 6) is -1.62. The fourth-order valence-corrected chi connectivity index (χ4v) is 3.28. The predicted octanol–water partition coefficient (Wildman–Crippen LogP) is 3.40. The fourth-order valence-electron chi connectivity index (χ4n) is 3.28. The largest absolute Gasteiger partial charge is 0.455 e. The first kappa shape index (κ1) is 20.6. The second kappa shape index (κ2) is 8.90. The average molecular weight is 394 g/mol. The van der Waals surface area contributed by atoms with E-state index in [0.29, 0.717) is 5.69 Å². The van der Waals surface area contributed by atoms with Gasteiger partial charge in [-0.3, -0.25) is 14.4 Å². The van der Waals surface area contributed by atoms with Crippen molar-refractivity contribution >= 4 is 29.2 Å². The van der Waals surface area contributed by atoms with E-state index in [2.05, 4.69) is 12.2 Å². The highest BCUT2D eigenvalue weighted by molar-refractivity contribution is 6.00. The summed E-state index contributed by atoms with van der Waals surface area (Å²) in [5, 5.41) is 2.70. The monoisotopic (exact) mass is 394 g/mol. The van der Waals surface area contributed by atoms with Crippen molar-refractivity contribution in [2.24, 2.45) is 5.92 Å². The van der Waals surface area contributed by atoms with E-state index in [4.69, 9.17) is 4.74 Å². The molecule has 1 heterocycles. The van der Waals surface area contributed by atoms with Crippen molar-refractivity contribution in [1.29, 1.82) is 0 Å². The predicted molar refractivity (Wildman–Crippen MR) is 112 cm³/mol. The standard InChI is InChI=1S/C23H26N2O4/c1-4-17-6-8-19(9-7-17)24-21(26)14-29-23(28)18-12-22(27)25(13-18)20-10-5-15(2)16(3)11-20/h5-11,18H,4,12-14H2,1-3H3,(H,24,26). The first-order chi connectivity index (χ1) is 13.9. The molecule has 1 fully saturated rings. The SMILES string of the molecule is CCc1ccc(NC(=O)COC(=O)C2CC(=O)N(c3ccc(C)c(C)c3)C2)cc1. The smallest absolute Gasteiger partial charge is 0.311 e. The van der Waals surface area contributed by atoms with E-state index >= 15 is 0 Å². The maximum atomic E-state index is 12.4. The van der Waals surface area contributed by atoms with E-state index < -0.39 is 17.8 Å². The Balaban J connectivity index is 1.52. The molecule has 1 aliphatic heterocycles. The Morgan fingerprint density at radius 1 is 1.10 bits per heavy atom. The number of rotatable bonds is 6. The Morgan fingerprint density at radius 3 is 2.48 bits per heavy atom. The molecular weight excluding hydrogens is 368 g/mol. The summed E-state index contributed by atoms with van der Waals surface area (Å²) in [5.41, 5.74) is 4.84. The summed E-state index contributed by atoms with van der Waals surface area (Å²) in [6, 6.07) is 13.3. The summed E-state index contributed by atoms with van der Waals surface area (Å²) < 4.78 is 5.15. The minimum absolute atomic E-state index is 0.0891. The van der Waals surface area contributed by atoms with E-state index in [-0.39, 0.29) is 25.5 Å². The van der Waals surface area contributed by atoms with E-state index in [1.54, 1.807) is 4.90 Å². The van der Waals surface area contributed by atoms with Gasteiger partial charge in [-0.15, -0.1) is 0 Å². The van der Waals surface area contributed by atoms with Crippen LogP contribution in [0.5, 0.6) is 0 Å². The maximum absolute atomic E-state index is 12.4. The van der Waals surface area contributed by atoms with Gasteiger partial charge in [0, 0.05) is 24.3 Å². The molecule has 6 nitrogen and oxygen atoms in total. The molecule has 1 saturated heterocycles. The van der Waals surface area contributed by atoms with Crippen molar-refractivity contribution in [3.63, 3.8) is 0 Å². The Labute approximate surface area is 170 Å². The Kier molecular flexibility index (Phi) is 6.32. The van der Waals surface area contributed by atoms with Crippen LogP contribution in [0.1, 0.15) is 30.0 Å². The average Bonchev–Trinajstić information content (AvgIpc) is 3.10. The van der Waals surface area contributed by atoms with Crippen LogP contribution in [0.2, 0.25) is 0 Å². The molecular formula is C23H26N2O4. The lowest BCUT2D eigenvalue weighted by atomic mass is 10.1. The number of carbonyl (C=O) groups is 3. The van der Waals surface area contributed by atoms with Gasteiger partial charge in [0.25, 0.3) is 5.91 Å². The highest BCUT2D eigenvalue weighted by atomic mass is 16.5. The summed E-state index contributed by atoms with van der Waals surface area (Å²) in [4.78, 5) is 38.3. The number of hydrogen-bond acceptors (Lipinski definition) is 4. The van der Waals surface area contributed by atoms with Crippen molar-refractivity contribution in [3.05, 3.63) is 59.2 Å². The van der Waals surface area contributed by atoms with Crippen LogP contribution >= 0.6 is 0 Å². The fraction of sp³-hybridized carbons (Fsp3) is 0.348. The summed E-state index contributed by atoms with van der Waals surface area (Å²) in [7, 11) is 0. The van der Waals surface area contributed by atoms with Crippen LogP contribution in [0, 0.1) is 19.8 Å². The maximum Gasteiger partial charge on any atom is 0.311 e. The van der Waals surface area contributed by atoms with Crippen molar-refractivity contribution in [2.75, 3.05) is 23.4 Å². The zero-order valence-corrected chi connectivity index (χ0v) is 17.0. The second-order valence-electron chi connectivity index (χ2n) is 7.38. The molecule has 152 valence electrons. The van der Waals surface area contributed by atoms with Crippen molar-refractivity contribution in [1.82, 2.24) is 0 Å². The number of esters is 1. The molecule has 2 aromatic rings. The molecule has 3 rings (SSSR count). The number of carbonyl (C=O) groups excluding carboxylic acids is 3. The first-order valence-corrected chi connectivity index (χ1v) is 9.80. The number of aryl methyl sites for hydroxylation is 3. The lowest BCUT2D eigenvalue weighted by Crippen LogP contribution is -2.28. The zero-order chi connectivity index (χ0) is 21.0. The number of hydrogen-bond donors (Lipinski definition) is 1. The molecule has 0 radical (unpaired) electrons. The van der Waals surface area contributed by atoms with Crippen LogP contribution < -0.4 is 10.2 Å². The molecule has 6 heteroatoms. The minimum Gasteiger partial charge on any atom is -0.455 e. The van der Waals surface area contributed by atoms with E-state index in [0.717, 1.165) is 23.2 Å². The third-order valence-corrected chi connectivity index (χ3v) is 5.25. The van der Waals surface area contributed by atoms with Crippen LogP contribution in [0.4, 0.5) is 11.4 Å². The van der Waals surface area contributed by atoms with Gasteiger partial charge in [0.2, 0.25) is 5.91 Å². The molecule has 1 N–H and O–H groups in total. The number of anilines is 2. The summed E-state index contributed by atoms with van der Waals surface area (Å²) >= 11 is 0. The van der Waals surface area contributed by atoms with Crippen LogP contribution in [-0.4, -0.2) is 30.9 Å². The molecule has 0 saturated carbocycles. The van der Waals surface area contributed by atoms with Gasteiger partial charge in [-0.1, -0.05) is 25.1 Å². The van der Waals surface area contributed by atoms with E-state index in [1.807, 2.05) is 56.3 Å². The number of benzene rings is 2. The summed E-state index contributed by atoms with van der Waals surface area (Å²) in [6.07, 6.45) is 1.01. The Bertz CT molecular complexity index is 921. The number of amides is 2. The molecule has 2 amide bonds. The van der Waals surface area contributed by atoms with Gasteiger partial charge in [0.1, 0.15) is 0 Å². The molecule has 0 spiro atoms. The van der Waals surface area contributed by atoms with Crippen LogP contribution in [-0.2, 0) is 25.5 Å². The van der Waals surface area contributed by atoms with Crippen molar-refractivity contribution in [2.45, 2.75) is 33.6 Å². The molecule has 1 unspecified atom stereocenters. The molecule has 1 aliphatic rings. The number of ether oxygens (including phenoxy) is 1. The lowest BCUT2D eigenvalue weighted by Gasteiger charge is -2.17. The molecule has 0 aromatic heterocycles. The normalized spacial score (nSPS) is 16.0. The van der Waals surface area contributed by atoms with E-state index in [1.165, 1.54) is 5.56 Å². The quantitative estimate of drug-likeness (QED) is 0.762. The highest BCUT2D eigenvalue weighted by Gasteiger charge is 2.36. The highest BCUT2D eigenvalue weighted by Crippen LogP contribution is 2.27. The third-order valence-electron chi connectivity index (χ3n) is 5.25. The second-order valence-corrected chi connectivity index (χ2v) is 7.38. The Hall–Kier alpha value is -3.15. The van der Waals surface area contributed by atoms with Crippen LogP contribution in [0.3, 0.4) is 0 Å². The lowest BCUT2D eigenvalue weighted by molar-refractivity contribution is -0.151. The van der Waals surface area contributed by atoms with Gasteiger partial charge in [0.05, 0.1) is 5.92 Å². The number of nitrogens with one attached hydrogen (secondary N) is 1. The molecule has 0 bridgehead atoms. The summed E-state index contributed by atoms with van der Waals surface area (Å²) in [6.45, 7) is 5.94. The number of nitrogens with zero attached hydrogens (tertiary/aromatic N) is 1. The zero-order valence-electron chi connectivity index (χ0n) is 17.0. The Morgan fingerprint density at radius 2 is 1.83 bits per heavy atom. The van der Waals surface area contributed by atoms with Crippen molar-refractivity contribution in [3.8, 4) is 0 Å². The topological polar surface area (TPSA) is 75.7 Å². The minimum atomic E-state index is -0.569. The molecule has 2 aromatic carbocycles. The molecule has 1 atom stereocenters. The van der Waals surface area contributed by atoms with Gasteiger partial charge >= 0.3 is 5.97 Å². The van der Waals surface area contributed by atoms with Gasteiger partial charge in [-0.05, 0) is 61.2 Å². The van der Waals surface area contributed by atoms with Crippen LogP contribution in [0.25, 0.3) is 0 Å². The van der Waals surface area contributed by atoms with E-state index in [9.17, 15) is 14.4 Å². The molecule has 0 aliphatic carbocycles. The van der Waals surface area contributed by atoms with Crippen LogP contribution in [0.15, 0.2) is 42.5 Å². The van der Waals surface area contributed by atoms with Gasteiger partial charge in [-0.2, -0.15) is 0 Å². The van der Waals surface area contributed by atoms with Gasteiger partial charge in [-0.25, -0.2) is 0 Å². The third kappa shape index (κ3) is 5.02.